The molecule has 41 heavy (non-hydrogen) atoms. The number of ether oxygens (including phenoxy) is 1. The summed E-state index contributed by atoms with van der Waals surface area (Å²) in [6.45, 7) is 10.3. The summed E-state index contributed by atoms with van der Waals surface area (Å²) in [5.41, 5.74) is 5.25. The molecule has 0 spiro atoms. The van der Waals surface area contributed by atoms with Gasteiger partial charge in [0.2, 0.25) is 0 Å². The summed E-state index contributed by atoms with van der Waals surface area (Å²) in [7, 11) is 1.65. The SMILES string of the molecule is CCOC(=O)Nc1cccc(Nc2nc(-c3cccc(NC(=O)c4ccc(C(C)(C)C)cc4)c3C)cn(C)c2=O)c1. The normalized spacial score (nSPS) is 11.1. The minimum atomic E-state index is -0.565. The van der Waals surface area contributed by atoms with E-state index in [9.17, 15) is 14.4 Å². The van der Waals surface area contributed by atoms with E-state index < -0.39 is 6.09 Å². The van der Waals surface area contributed by atoms with E-state index in [-0.39, 0.29) is 29.3 Å². The number of hydrogen-bond acceptors (Lipinski definition) is 6. The molecular formula is C32H35N5O4. The molecule has 4 aromatic rings. The summed E-state index contributed by atoms with van der Waals surface area (Å²) in [6.07, 6.45) is 1.09. The molecule has 1 aromatic heterocycles. The van der Waals surface area contributed by atoms with Gasteiger partial charge in [-0.25, -0.2) is 9.78 Å². The molecule has 4 rings (SSSR count). The van der Waals surface area contributed by atoms with Gasteiger partial charge in [0.05, 0.1) is 12.3 Å². The molecule has 0 aliphatic carbocycles. The zero-order chi connectivity index (χ0) is 29.7. The van der Waals surface area contributed by atoms with Crippen molar-refractivity contribution in [1.82, 2.24) is 9.55 Å². The second-order valence-corrected chi connectivity index (χ2v) is 10.7. The van der Waals surface area contributed by atoms with E-state index in [0.29, 0.717) is 28.3 Å². The molecule has 2 amide bonds. The van der Waals surface area contributed by atoms with Gasteiger partial charge in [0.15, 0.2) is 5.82 Å². The van der Waals surface area contributed by atoms with E-state index in [1.807, 2.05) is 49.4 Å². The average molecular weight is 554 g/mol. The monoisotopic (exact) mass is 553 g/mol. The maximum absolute atomic E-state index is 13.0. The molecule has 0 atom stereocenters. The Morgan fingerprint density at radius 2 is 1.63 bits per heavy atom. The van der Waals surface area contributed by atoms with Gasteiger partial charge in [0.25, 0.3) is 11.5 Å². The first-order valence-corrected chi connectivity index (χ1v) is 13.4. The summed E-state index contributed by atoms with van der Waals surface area (Å²) in [6, 6.07) is 20.1. The standard InChI is InChI=1S/C32H35N5O4/c1-7-41-31(40)34-24-11-8-10-23(18-24)33-28-30(39)37(6)19-27(35-28)25-12-9-13-26(20(25)2)36-29(38)21-14-16-22(17-15-21)32(3,4)5/h8-19H,7H2,1-6H3,(H,33,35)(H,34,40)(H,36,38). The zero-order valence-electron chi connectivity index (χ0n) is 24.2. The number of anilines is 4. The highest BCUT2D eigenvalue weighted by Crippen LogP contribution is 2.29. The van der Waals surface area contributed by atoms with Crippen LogP contribution in [0.25, 0.3) is 11.3 Å². The Balaban J connectivity index is 1.59. The fourth-order valence-corrected chi connectivity index (χ4v) is 4.28. The number of aryl methyl sites for hydroxylation is 1. The molecule has 3 aromatic carbocycles. The average Bonchev–Trinajstić information content (AvgIpc) is 2.92. The summed E-state index contributed by atoms with van der Waals surface area (Å²) in [5, 5.41) is 8.72. The van der Waals surface area contributed by atoms with E-state index in [4.69, 9.17) is 4.74 Å². The van der Waals surface area contributed by atoms with Crippen LogP contribution in [0.15, 0.2) is 77.7 Å². The number of nitrogens with zero attached hydrogens (tertiary/aromatic N) is 2. The largest absolute Gasteiger partial charge is 0.450 e. The van der Waals surface area contributed by atoms with Gasteiger partial charge in [0.1, 0.15) is 0 Å². The zero-order valence-corrected chi connectivity index (χ0v) is 24.2. The number of carbonyl (C=O) groups excluding carboxylic acids is 2. The molecule has 0 radical (unpaired) electrons. The lowest BCUT2D eigenvalue weighted by Gasteiger charge is -2.19. The van der Waals surface area contributed by atoms with Crippen LogP contribution in [0.4, 0.5) is 27.7 Å². The van der Waals surface area contributed by atoms with Crippen molar-refractivity contribution in [3.63, 3.8) is 0 Å². The van der Waals surface area contributed by atoms with Crippen LogP contribution in [0.1, 0.15) is 49.2 Å². The van der Waals surface area contributed by atoms with Crippen LogP contribution in [0.2, 0.25) is 0 Å². The third-order valence-corrected chi connectivity index (χ3v) is 6.59. The lowest BCUT2D eigenvalue weighted by atomic mass is 9.86. The summed E-state index contributed by atoms with van der Waals surface area (Å²) in [5.74, 6) is -0.0937. The number of amides is 2. The minimum Gasteiger partial charge on any atom is -0.450 e. The molecule has 0 fully saturated rings. The molecule has 3 N–H and O–H groups in total. The maximum Gasteiger partial charge on any atom is 0.411 e. The number of nitrogens with one attached hydrogen (secondary N) is 3. The third kappa shape index (κ3) is 7.00. The smallest absolute Gasteiger partial charge is 0.411 e. The summed E-state index contributed by atoms with van der Waals surface area (Å²) < 4.78 is 6.38. The highest BCUT2D eigenvalue weighted by molar-refractivity contribution is 6.05. The van der Waals surface area contributed by atoms with E-state index in [0.717, 1.165) is 16.7 Å². The maximum atomic E-state index is 13.0. The number of aromatic nitrogens is 2. The topological polar surface area (TPSA) is 114 Å². The molecule has 1 heterocycles. The van der Waals surface area contributed by atoms with Gasteiger partial charge in [-0.1, -0.05) is 51.1 Å². The van der Waals surface area contributed by atoms with Crippen molar-refractivity contribution in [3.8, 4) is 11.3 Å². The van der Waals surface area contributed by atoms with Crippen LogP contribution >= 0.6 is 0 Å². The Kier molecular flexibility index (Phi) is 8.56. The van der Waals surface area contributed by atoms with Gasteiger partial charge < -0.3 is 19.9 Å². The van der Waals surface area contributed by atoms with E-state index >= 15 is 0 Å². The number of hydrogen-bond donors (Lipinski definition) is 3. The van der Waals surface area contributed by atoms with Gasteiger partial charge in [-0.2, -0.15) is 0 Å². The van der Waals surface area contributed by atoms with Gasteiger partial charge in [-0.05, 0) is 66.8 Å². The van der Waals surface area contributed by atoms with Crippen LogP contribution in [-0.2, 0) is 17.2 Å². The number of benzene rings is 3. The van der Waals surface area contributed by atoms with Crippen molar-refractivity contribution in [2.24, 2.45) is 7.05 Å². The van der Waals surface area contributed by atoms with Gasteiger partial charge in [-0.15, -0.1) is 0 Å². The van der Waals surface area contributed by atoms with Crippen molar-refractivity contribution >= 4 is 34.9 Å². The van der Waals surface area contributed by atoms with Crippen molar-refractivity contribution in [3.05, 3.63) is 100.0 Å². The molecule has 0 unspecified atom stereocenters. The quantitative estimate of drug-likeness (QED) is 0.237. The second-order valence-electron chi connectivity index (χ2n) is 10.7. The third-order valence-electron chi connectivity index (χ3n) is 6.59. The molecule has 9 nitrogen and oxygen atoms in total. The predicted octanol–water partition coefficient (Wildman–Crippen LogP) is 6.62. The highest BCUT2D eigenvalue weighted by atomic mass is 16.5. The van der Waals surface area contributed by atoms with E-state index in [1.54, 1.807) is 44.4 Å². The van der Waals surface area contributed by atoms with Crippen molar-refractivity contribution in [2.45, 2.75) is 40.0 Å². The van der Waals surface area contributed by atoms with Gasteiger partial charge in [-0.3, -0.25) is 14.9 Å². The van der Waals surface area contributed by atoms with Crippen LogP contribution in [-0.4, -0.2) is 28.2 Å². The number of carbonyl (C=O) groups is 2. The predicted molar refractivity (Wildman–Crippen MR) is 163 cm³/mol. The lowest BCUT2D eigenvalue weighted by molar-refractivity contribution is 0.102. The Hall–Kier alpha value is -4.92. The van der Waals surface area contributed by atoms with Gasteiger partial charge >= 0.3 is 6.09 Å². The highest BCUT2D eigenvalue weighted by Gasteiger charge is 2.17. The van der Waals surface area contributed by atoms with Crippen LogP contribution in [0.3, 0.4) is 0 Å². The lowest BCUT2D eigenvalue weighted by Crippen LogP contribution is -2.21. The first-order chi connectivity index (χ1) is 19.5. The van der Waals surface area contributed by atoms with Crippen LogP contribution < -0.4 is 21.5 Å². The van der Waals surface area contributed by atoms with Crippen molar-refractivity contribution in [1.29, 1.82) is 0 Å². The van der Waals surface area contributed by atoms with Crippen LogP contribution in [0, 0.1) is 6.92 Å². The Labute approximate surface area is 239 Å². The molecule has 9 heteroatoms. The fourth-order valence-electron chi connectivity index (χ4n) is 4.28. The van der Waals surface area contributed by atoms with Crippen molar-refractivity contribution in [2.75, 3.05) is 22.6 Å². The minimum absolute atomic E-state index is 0.00125. The number of rotatable bonds is 7. The van der Waals surface area contributed by atoms with E-state index in [1.165, 1.54) is 4.57 Å². The molecule has 0 saturated carbocycles. The Bertz CT molecular complexity index is 1640. The molecule has 0 aliphatic rings. The van der Waals surface area contributed by atoms with Gasteiger partial charge in [0, 0.05) is 41.4 Å². The summed E-state index contributed by atoms with van der Waals surface area (Å²) >= 11 is 0. The molecule has 212 valence electrons. The fraction of sp³-hybridized carbons (Fsp3) is 0.250. The molecular weight excluding hydrogens is 518 g/mol. The van der Waals surface area contributed by atoms with Crippen LogP contribution in [0.5, 0.6) is 0 Å². The molecule has 0 saturated heterocycles. The van der Waals surface area contributed by atoms with E-state index in [2.05, 4.69) is 41.7 Å². The Morgan fingerprint density at radius 3 is 2.32 bits per heavy atom. The molecule has 0 bridgehead atoms. The summed E-state index contributed by atoms with van der Waals surface area (Å²) in [4.78, 5) is 42.4. The second kappa shape index (κ2) is 12.1. The van der Waals surface area contributed by atoms with Crippen molar-refractivity contribution < 1.29 is 14.3 Å². The first-order valence-electron chi connectivity index (χ1n) is 13.4. The Morgan fingerprint density at radius 1 is 0.951 bits per heavy atom. The molecule has 0 aliphatic heterocycles. The first kappa shape index (κ1) is 29.1.